The van der Waals surface area contributed by atoms with E-state index in [4.69, 9.17) is 9.57 Å². The zero-order valence-electron chi connectivity index (χ0n) is 18.7. The van der Waals surface area contributed by atoms with E-state index < -0.39 is 11.4 Å². The minimum absolute atomic E-state index is 0.0290. The van der Waals surface area contributed by atoms with Crippen LogP contribution in [0, 0.1) is 16.2 Å². The van der Waals surface area contributed by atoms with E-state index in [0.717, 1.165) is 30.0 Å². The van der Waals surface area contributed by atoms with Crippen LogP contribution < -0.4 is 10.1 Å². The molecule has 1 N–H and O–H groups in total. The Morgan fingerprint density at radius 3 is 2.38 bits per heavy atom. The molecule has 0 aliphatic heterocycles. The second-order valence-electron chi connectivity index (χ2n) is 9.30. The van der Waals surface area contributed by atoms with E-state index in [1.54, 1.807) is 25.3 Å². The van der Waals surface area contributed by atoms with Gasteiger partial charge in [0.1, 0.15) is 5.75 Å². The molecule has 6 nitrogen and oxygen atoms in total. The fourth-order valence-electron chi connectivity index (χ4n) is 5.22. The number of methoxy groups -OCH3 is 1. The van der Waals surface area contributed by atoms with Crippen LogP contribution in [-0.2, 0) is 9.63 Å². The second kappa shape index (κ2) is 8.03. The number of fused-ring (bicyclic) bond motifs is 2. The third-order valence-electron chi connectivity index (χ3n) is 7.85. The summed E-state index contributed by atoms with van der Waals surface area (Å²) in [4.78, 5) is 31.4. The van der Waals surface area contributed by atoms with Gasteiger partial charge in [0.15, 0.2) is 0 Å². The van der Waals surface area contributed by atoms with E-state index in [1.165, 1.54) is 0 Å². The summed E-state index contributed by atoms with van der Waals surface area (Å²) in [6.45, 7) is 6.35. The number of hydrogen-bond acceptors (Lipinski definition) is 5. The molecule has 168 valence electrons. The van der Waals surface area contributed by atoms with Crippen LogP contribution in [0.4, 0.5) is 5.69 Å². The molecule has 0 aromatic heterocycles. The zero-order valence-corrected chi connectivity index (χ0v) is 20.3. The molecule has 0 radical (unpaired) electrons. The number of anilines is 1. The number of amides is 1. The Hall–Kier alpha value is -2.67. The monoisotopic (exact) mass is 498 g/mol. The average molecular weight is 499 g/mol. The Kier molecular flexibility index (Phi) is 5.65. The van der Waals surface area contributed by atoms with Crippen LogP contribution in [0.5, 0.6) is 5.75 Å². The number of halogens is 1. The number of carbonyl (C=O) groups excluding carboxylic acids is 2. The van der Waals surface area contributed by atoms with Crippen LogP contribution in [-0.4, -0.2) is 24.7 Å². The molecule has 4 rings (SSSR count). The summed E-state index contributed by atoms with van der Waals surface area (Å²) >= 11 is 3.37. The molecule has 2 aromatic carbocycles. The number of carbonyl (C=O) groups is 2. The molecule has 2 fully saturated rings. The molecule has 0 spiro atoms. The van der Waals surface area contributed by atoms with Crippen LogP contribution >= 0.6 is 15.9 Å². The highest BCUT2D eigenvalue weighted by Gasteiger charge is 2.71. The highest BCUT2D eigenvalue weighted by Crippen LogP contribution is 2.71. The first-order chi connectivity index (χ1) is 15.1. The number of rotatable bonds is 5. The van der Waals surface area contributed by atoms with Gasteiger partial charge in [0.25, 0.3) is 0 Å². The highest BCUT2D eigenvalue weighted by molar-refractivity contribution is 9.10. The van der Waals surface area contributed by atoms with Crippen molar-refractivity contribution in [1.82, 2.24) is 0 Å². The molecule has 2 bridgehead atoms. The Labute approximate surface area is 196 Å². The number of nitrogens with zero attached hydrogens (tertiary/aromatic N) is 1. The van der Waals surface area contributed by atoms with Gasteiger partial charge >= 0.3 is 5.97 Å². The van der Waals surface area contributed by atoms with E-state index in [9.17, 15) is 9.59 Å². The van der Waals surface area contributed by atoms with Gasteiger partial charge in [-0.2, -0.15) is 0 Å². The maximum Gasteiger partial charge on any atom is 0.366 e. The smallest absolute Gasteiger partial charge is 0.366 e. The first kappa shape index (κ1) is 22.5. The average Bonchev–Trinajstić information content (AvgIpc) is 3.09. The van der Waals surface area contributed by atoms with E-state index in [-0.39, 0.29) is 16.7 Å². The van der Waals surface area contributed by atoms with Gasteiger partial charge in [-0.1, -0.05) is 38.1 Å². The fraction of sp³-hybridized carbons (Fsp3) is 0.400. The van der Waals surface area contributed by atoms with Gasteiger partial charge in [-0.15, -0.1) is 0 Å². The Morgan fingerprint density at radius 2 is 1.72 bits per heavy atom. The van der Waals surface area contributed by atoms with Crippen molar-refractivity contribution in [3.63, 3.8) is 0 Å². The number of benzene rings is 2. The predicted molar refractivity (Wildman–Crippen MR) is 127 cm³/mol. The van der Waals surface area contributed by atoms with Crippen molar-refractivity contribution < 1.29 is 19.2 Å². The quantitative estimate of drug-likeness (QED) is 0.415. The van der Waals surface area contributed by atoms with Gasteiger partial charge in [0, 0.05) is 22.0 Å². The Bertz CT molecular complexity index is 1100. The number of oxime groups is 1. The molecule has 2 aliphatic rings. The summed E-state index contributed by atoms with van der Waals surface area (Å²) in [7, 11) is 1.61. The number of nitrogens with one attached hydrogen (secondary N) is 1. The summed E-state index contributed by atoms with van der Waals surface area (Å²) in [5.74, 6) is 0.182. The van der Waals surface area contributed by atoms with Gasteiger partial charge in [0.2, 0.25) is 5.91 Å². The lowest BCUT2D eigenvalue weighted by atomic mass is 9.64. The van der Waals surface area contributed by atoms with Crippen molar-refractivity contribution in [2.45, 2.75) is 40.0 Å². The van der Waals surface area contributed by atoms with Crippen LogP contribution in [0.25, 0.3) is 0 Å². The Morgan fingerprint density at radius 1 is 1.03 bits per heavy atom. The van der Waals surface area contributed by atoms with Gasteiger partial charge in [0.05, 0.1) is 23.8 Å². The third kappa shape index (κ3) is 3.34. The minimum Gasteiger partial charge on any atom is -0.497 e. The maximum atomic E-state index is 13.5. The van der Waals surface area contributed by atoms with Crippen molar-refractivity contribution in [3.05, 3.63) is 58.6 Å². The molecule has 2 unspecified atom stereocenters. The molecule has 0 heterocycles. The van der Waals surface area contributed by atoms with Gasteiger partial charge in [-0.3, -0.25) is 4.79 Å². The van der Waals surface area contributed by atoms with Crippen molar-refractivity contribution in [2.24, 2.45) is 21.4 Å². The van der Waals surface area contributed by atoms with Crippen molar-refractivity contribution in [2.75, 3.05) is 12.4 Å². The topological polar surface area (TPSA) is 77.0 Å². The lowest BCUT2D eigenvalue weighted by Gasteiger charge is -2.39. The normalized spacial score (nSPS) is 26.7. The second-order valence-corrected chi connectivity index (χ2v) is 10.1. The molecular weight excluding hydrogens is 472 g/mol. The highest BCUT2D eigenvalue weighted by atomic mass is 79.9. The first-order valence-electron chi connectivity index (χ1n) is 10.6. The van der Waals surface area contributed by atoms with Gasteiger partial charge in [-0.25, -0.2) is 4.79 Å². The van der Waals surface area contributed by atoms with Crippen molar-refractivity contribution in [3.8, 4) is 5.75 Å². The molecule has 2 aromatic rings. The standard InChI is InChI=1S/C25H27BrN2O4/c1-23(2)24(3)13-14-25(23,22(30)27-16-9-11-17(31-4)12-10-16)15-20(24)28-32-21(29)18-7-5-6-8-19(18)26/h5-12H,13-15H2,1-4H3,(H,27,30)/b28-20+. The van der Waals surface area contributed by atoms with E-state index >= 15 is 0 Å². The molecule has 1 amide bonds. The largest absolute Gasteiger partial charge is 0.497 e. The van der Waals surface area contributed by atoms with Crippen LogP contribution in [0.3, 0.4) is 0 Å². The number of ether oxygens (including phenoxy) is 1. The van der Waals surface area contributed by atoms with Gasteiger partial charge in [-0.05, 0) is 70.6 Å². The summed E-state index contributed by atoms with van der Waals surface area (Å²) in [6, 6.07) is 14.4. The van der Waals surface area contributed by atoms with Crippen LogP contribution in [0.2, 0.25) is 0 Å². The number of hydrogen-bond donors (Lipinski definition) is 1. The summed E-state index contributed by atoms with van der Waals surface area (Å²) < 4.78 is 5.85. The maximum absolute atomic E-state index is 13.5. The minimum atomic E-state index is -0.625. The SMILES string of the molecule is COc1ccc(NC(=O)C23CCC(C)(/C(=N/OC(=O)c4ccccc4Br)C2)C3(C)C)cc1. The van der Waals surface area contributed by atoms with Gasteiger partial charge < -0.3 is 14.9 Å². The summed E-state index contributed by atoms with van der Waals surface area (Å²) in [5, 5.41) is 7.38. The molecule has 32 heavy (non-hydrogen) atoms. The third-order valence-corrected chi connectivity index (χ3v) is 8.54. The van der Waals surface area contributed by atoms with E-state index in [0.29, 0.717) is 16.5 Å². The van der Waals surface area contributed by atoms with Crippen LogP contribution in [0.15, 0.2) is 58.2 Å². The van der Waals surface area contributed by atoms with E-state index in [1.807, 2.05) is 30.3 Å². The molecule has 2 aliphatic carbocycles. The zero-order chi connectivity index (χ0) is 23.1. The van der Waals surface area contributed by atoms with Crippen molar-refractivity contribution >= 4 is 39.2 Å². The van der Waals surface area contributed by atoms with E-state index in [2.05, 4.69) is 47.2 Å². The lowest BCUT2D eigenvalue weighted by Crippen LogP contribution is -2.43. The summed E-state index contributed by atoms with van der Waals surface area (Å²) in [5.41, 5.74) is 0.587. The molecule has 7 heteroatoms. The van der Waals surface area contributed by atoms with Crippen LogP contribution in [0.1, 0.15) is 50.4 Å². The first-order valence-corrected chi connectivity index (χ1v) is 11.4. The van der Waals surface area contributed by atoms with Crippen molar-refractivity contribution in [1.29, 1.82) is 0 Å². The summed E-state index contributed by atoms with van der Waals surface area (Å²) in [6.07, 6.45) is 2.03. The Balaban J connectivity index is 1.58. The molecular formula is C25H27BrN2O4. The lowest BCUT2D eigenvalue weighted by molar-refractivity contribution is -0.130. The molecule has 2 atom stereocenters. The predicted octanol–water partition coefficient (Wildman–Crippen LogP) is 5.83. The fourth-order valence-corrected chi connectivity index (χ4v) is 5.67. The molecule has 2 saturated carbocycles. The molecule has 0 saturated heterocycles.